The number of aromatic amines is 1. The number of carbonyl (C=O) groups excluding carboxylic acids is 1. The third-order valence-electron chi connectivity index (χ3n) is 3.67. The summed E-state index contributed by atoms with van der Waals surface area (Å²) >= 11 is 0. The van der Waals surface area contributed by atoms with Gasteiger partial charge in [0.15, 0.2) is 5.82 Å². The summed E-state index contributed by atoms with van der Waals surface area (Å²) in [6.45, 7) is 2.30. The Morgan fingerprint density at radius 2 is 2.13 bits per heavy atom. The normalized spacial score (nSPS) is 20.1. The lowest BCUT2D eigenvalue weighted by Crippen LogP contribution is -2.29. The van der Waals surface area contributed by atoms with E-state index in [9.17, 15) is 4.79 Å². The predicted octanol–water partition coefficient (Wildman–Crippen LogP) is 1.65. The molecular formula is C15H20ClN5O2. The van der Waals surface area contributed by atoms with Crippen molar-refractivity contribution in [1.29, 1.82) is 0 Å². The van der Waals surface area contributed by atoms with Crippen LogP contribution in [0.4, 0.5) is 5.69 Å². The van der Waals surface area contributed by atoms with Gasteiger partial charge in [0.1, 0.15) is 11.9 Å². The van der Waals surface area contributed by atoms with E-state index in [1.807, 2.05) is 31.2 Å². The minimum atomic E-state index is -0.413. The van der Waals surface area contributed by atoms with Gasteiger partial charge >= 0.3 is 0 Å². The lowest BCUT2D eigenvalue weighted by Gasteiger charge is -2.12. The summed E-state index contributed by atoms with van der Waals surface area (Å²) in [6.07, 6.45) is 1.12. The van der Waals surface area contributed by atoms with E-state index in [2.05, 4.69) is 20.5 Å². The van der Waals surface area contributed by atoms with E-state index in [-0.39, 0.29) is 24.4 Å². The Morgan fingerprint density at radius 3 is 2.70 bits per heavy atom. The molecule has 1 aromatic heterocycles. The summed E-state index contributed by atoms with van der Waals surface area (Å²) in [6, 6.07) is 7.40. The lowest BCUT2D eigenvalue weighted by molar-refractivity contribution is -0.126. The number of hydrogen-bond donors (Lipinski definition) is 3. The zero-order valence-electron chi connectivity index (χ0n) is 12.8. The van der Waals surface area contributed by atoms with Crippen LogP contribution in [0.3, 0.4) is 0 Å². The molecule has 0 radical (unpaired) electrons. The van der Waals surface area contributed by atoms with Gasteiger partial charge in [-0.1, -0.05) is 0 Å². The first kappa shape index (κ1) is 17.4. The number of nitrogens with zero attached hydrogens (tertiary/aromatic N) is 2. The molecule has 1 saturated heterocycles. The molecule has 124 valence electrons. The Hall–Kier alpha value is -1.96. The number of carbonyl (C=O) groups is 1. The maximum atomic E-state index is 12.1. The standard InChI is InChI=1S/C15H19N5O2.ClH/c1-9-17-14(20-19-9)10-2-4-11(5-3-10)18-15(21)13-7-6-12(8-16)22-13;/h2-5,12-13H,6-8,16H2,1H3,(H,18,21)(H,17,19,20);1H/t12-,13+;/m1./s1. The number of hydrogen-bond acceptors (Lipinski definition) is 5. The first-order valence-electron chi connectivity index (χ1n) is 7.31. The van der Waals surface area contributed by atoms with Crippen LogP contribution in [0, 0.1) is 6.92 Å². The maximum absolute atomic E-state index is 12.1. The molecule has 1 amide bonds. The maximum Gasteiger partial charge on any atom is 0.253 e. The zero-order valence-corrected chi connectivity index (χ0v) is 13.6. The molecule has 1 aliphatic rings. The van der Waals surface area contributed by atoms with E-state index in [1.165, 1.54) is 0 Å². The highest BCUT2D eigenvalue weighted by atomic mass is 35.5. The summed E-state index contributed by atoms with van der Waals surface area (Å²) in [5.74, 6) is 1.28. The quantitative estimate of drug-likeness (QED) is 0.786. The molecule has 0 aliphatic carbocycles. The molecule has 4 N–H and O–H groups in total. The minimum Gasteiger partial charge on any atom is -0.364 e. The van der Waals surface area contributed by atoms with Crippen molar-refractivity contribution in [2.24, 2.45) is 5.73 Å². The van der Waals surface area contributed by atoms with Gasteiger partial charge < -0.3 is 15.8 Å². The number of halogens is 1. The molecule has 1 aliphatic heterocycles. The lowest BCUT2D eigenvalue weighted by atomic mass is 10.1. The molecule has 7 nitrogen and oxygen atoms in total. The van der Waals surface area contributed by atoms with Crippen LogP contribution in [-0.2, 0) is 9.53 Å². The van der Waals surface area contributed by atoms with Gasteiger partial charge in [-0.3, -0.25) is 9.89 Å². The van der Waals surface area contributed by atoms with Crippen LogP contribution in [-0.4, -0.2) is 39.8 Å². The first-order chi connectivity index (χ1) is 10.7. The topological polar surface area (TPSA) is 106 Å². The zero-order chi connectivity index (χ0) is 15.5. The molecule has 0 unspecified atom stereocenters. The number of anilines is 1. The van der Waals surface area contributed by atoms with Gasteiger partial charge in [-0.05, 0) is 44.0 Å². The highest BCUT2D eigenvalue weighted by Gasteiger charge is 2.29. The van der Waals surface area contributed by atoms with Crippen LogP contribution >= 0.6 is 12.4 Å². The number of nitrogens with one attached hydrogen (secondary N) is 2. The molecule has 0 spiro atoms. The Bertz CT molecular complexity index is 658. The molecule has 1 fully saturated rings. The number of aromatic nitrogens is 3. The van der Waals surface area contributed by atoms with Crippen molar-refractivity contribution in [2.45, 2.75) is 32.0 Å². The van der Waals surface area contributed by atoms with Crippen molar-refractivity contribution in [3.05, 3.63) is 30.1 Å². The van der Waals surface area contributed by atoms with Gasteiger partial charge in [-0.2, -0.15) is 5.10 Å². The molecule has 0 saturated carbocycles. The molecule has 2 heterocycles. The number of ether oxygens (including phenoxy) is 1. The van der Waals surface area contributed by atoms with Crippen molar-refractivity contribution in [1.82, 2.24) is 15.2 Å². The van der Waals surface area contributed by atoms with Crippen molar-refractivity contribution in [2.75, 3.05) is 11.9 Å². The van der Waals surface area contributed by atoms with E-state index >= 15 is 0 Å². The second kappa shape index (κ2) is 7.54. The van der Waals surface area contributed by atoms with Crippen LogP contribution in [0.25, 0.3) is 11.4 Å². The highest BCUT2D eigenvalue weighted by molar-refractivity contribution is 5.94. The number of aryl methyl sites for hydroxylation is 1. The Labute approximate surface area is 140 Å². The van der Waals surface area contributed by atoms with Gasteiger partial charge in [-0.15, -0.1) is 12.4 Å². The SMILES string of the molecule is Cc1nc(-c2ccc(NC(=O)[C@@H]3CC[C@H](CN)O3)cc2)n[nH]1.Cl. The summed E-state index contributed by atoms with van der Waals surface area (Å²) in [5.41, 5.74) is 7.17. The molecule has 23 heavy (non-hydrogen) atoms. The number of nitrogens with two attached hydrogens (primary N) is 1. The fourth-order valence-electron chi connectivity index (χ4n) is 2.47. The van der Waals surface area contributed by atoms with Crippen LogP contribution in [0.15, 0.2) is 24.3 Å². The van der Waals surface area contributed by atoms with Gasteiger partial charge in [-0.25, -0.2) is 4.98 Å². The molecule has 8 heteroatoms. The Balaban J connectivity index is 0.00000192. The summed E-state index contributed by atoms with van der Waals surface area (Å²) < 4.78 is 5.58. The second-order valence-electron chi connectivity index (χ2n) is 5.37. The smallest absolute Gasteiger partial charge is 0.253 e. The van der Waals surface area contributed by atoms with Crippen LogP contribution in [0.2, 0.25) is 0 Å². The average Bonchev–Trinajstić information content (AvgIpc) is 3.17. The third kappa shape index (κ3) is 4.07. The second-order valence-corrected chi connectivity index (χ2v) is 5.37. The van der Waals surface area contributed by atoms with Crippen molar-refractivity contribution in [3.63, 3.8) is 0 Å². The fraction of sp³-hybridized carbons (Fsp3) is 0.400. The highest BCUT2D eigenvalue weighted by Crippen LogP contribution is 2.22. The van der Waals surface area contributed by atoms with E-state index in [0.717, 1.165) is 23.5 Å². The van der Waals surface area contributed by atoms with Crippen molar-refractivity contribution in [3.8, 4) is 11.4 Å². The number of amides is 1. The van der Waals surface area contributed by atoms with Gasteiger partial charge in [0.2, 0.25) is 0 Å². The number of benzene rings is 1. The van der Waals surface area contributed by atoms with E-state index < -0.39 is 6.10 Å². The van der Waals surface area contributed by atoms with Crippen LogP contribution < -0.4 is 11.1 Å². The summed E-state index contributed by atoms with van der Waals surface area (Å²) in [4.78, 5) is 16.4. The van der Waals surface area contributed by atoms with E-state index in [1.54, 1.807) is 0 Å². The molecular weight excluding hydrogens is 318 g/mol. The third-order valence-corrected chi connectivity index (χ3v) is 3.67. The Kier molecular flexibility index (Phi) is 5.70. The fourth-order valence-corrected chi connectivity index (χ4v) is 2.47. The Morgan fingerprint density at radius 1 is 1.39 bits per heavy atom. The monoisotopic (exact) mass is 337 g/mol. The summed E-state index contributed by atoms with van der Waals surface area (Å²) in [7, 11) is 0. The van der Waals surface area contributed by atoms with Crippen LogP contribution in [0.5, 0.6) is 0 Å². The average molecular weight is 338 g/mol. The molecule has 0 bridgehead atoms. The largest absolute Gasteiger partial charge is 0.364 e. The first-order valence-corrected chi connectivity index (χ1v) is 7.31. The van der Waals surface area contributed by atoms with Crippen molar-refractivity contribution < 1.29 is 9.53 Å². The summed E-state index contributed by atoms with van der Waals surface area (Å²) in [5, 5.41) is 9.76. The van der Waals surface area contributed by atoms with Gasteiger partial charge in [0.25, 0.3) is 5.91 Å². The minimum absolute atomic E-state index is 0. The number of H-pyrrole nitrogens is 1. The molecule has 3 rings (SSSR count). The van der Waals surface area contributed by atoms with Gasteiger partial charge in [0, 0.05) is 17.8 Å². The molecule has 1 aromatic carbocycles. The predicted molar refractivity (Wildman–Crippen MR) is 89.4 cm³/mol. The molecule has 2 aromatic rings. The van der Waals surface area contributed by atoms with Crippen LogP contribution in [0.1, 0.15) is 18.7 Å². The van der Waals surface area contributed by atoms with Crippen molar-refractivity contribution >= 4 is 24.0 Å². The number of rotatable bonds is 4. The van der Waals surface area contributed by atoms with Gasteiger partial charge in [0.05, 0.1) is 6.10 Å². The molecule has 2 atom stereocenters. The van der Waals surface area contributed by atoms with E-state index in [0.29, 0.717) is 18.8 Å². The van der Waals surface area contributed by atoms with E-state index in [4.69, 9.17) is 10.5 Å².